The zero-order chi connectivity index (χ0) is 13.9. The van der Waals surface area contributed by atoms with Gasteiger partial charge in [-0.25, -0.2) is 4.98 Å². The predicted octanol–water partition coefficient (Wildman–Crippen LogP) is 3.21. The molecule has 0 bridgehead atoms. The number of nitrogens with zero attached hydrogens (tertiary/aromatic N) is 2. The second-order valence-electron chi connectivity index (χ2n) is 6.63. The van der Waals surface area contributed by atoms with Crippen LogP contribution in [-0.2, 0) is 6.54 Å². The van der Waals surface area contributed by atoms with E-state index in [1.165, 1.54) is 24.9 Å². The summed E-state index contributed by atoms with van der Waals surface area (Å²) in [4.78, 5) is 6.96. The molecule has 1 saturated heterocycles. The number of hydrogen-bond acceptors (Lipinski definition) is 3. The Morgan fingerprint density at radius 1 is 1.42 bits per heavy atom. The van der Waals surface area contributed by atoms with Crippen molar-refractivity contribution in [3.8, 4) is 0 Å². The van der Waals surface area contributed by atoms with Crippen molar-refractivity contribution in [2.45, 2.75) is 52.6 Å². The van der Waals surface area contributed by atoms with Crippen LogP contribution in [0.5, 0.6) is 0 Å². The summed E-state index contributed by atoms with van der Waals surface area (Å²) in [7, 11) is 0. The van der Waals surface area contributed by atoms with Gasteiger partial charge in [-0.05, 0) is 50.8 Å². The van der Waals surface area contributed by atoms with Crippen LogP contribution in [0.3, 0.4) is 0 Å². The lowest BCUT2D eigenvalue weighted by atomic mass is 10.1. The molecule has 0 spiro atoms. The molecule has 2 heterocycles. The summed E-state index contributed by atoms with van der Waals surface area (Å²) >= 11 is 0. The molecule has 0 amide bonds. The van der Waals surface area contributed by atoms with Gasteiger partial charge < -0.3 is 10.2 Å². The van der Waals surface area contributed by atoms with Gasteiger partial charge in [0.05, 0.1) is 0 Å². The molecule has 1 unspecified atom stereocenters. The highest BCUT2D eigenvalue weighted by molar-refractivity contribution is 5.42. The monoisotopic (exact) mass is 261 g/mol. The van der Waals surface area contributed by atoms with E-state index in [2.05, 4.69) is 55.0 Å². The Balaban J connectivity index is 1.99. The summed E-state index contributed by atoms with van der Waals surface area (Å²) in [6, 6.07) is 4.34. The first-order valence-electron chi connectivity index (χ1n) is 7.43. The smallest absolute Gasteiger partial charge is 0.128 e. The van der Waals surface area contributed by atoms with E-state index >= 15 is 0 Å². The maximum atomic E-state index is 4.53. The quantitative estimate of drug-likeness (QED) is 0.902. The minimum atomic E-state index is 0.157. The highest BCUT2D eigenvalue weighted by Crippen LogP contribution is 2.24. The van der Waals surface area contributed by atoms with Gasteiger partial charge in [-0.3, -0.25) is 0 Å². The van der Waals surface area contributed by atoms with Gasteiger partial charge in [-0.15, -0.1) is 0 Å². The van der Waals surface area contributed by atoms with Crippen LogP contribution in [0.25, 0.3) is 0 Å². The SMILES string of the molecule is CCC1CCN(c2cc(CNC(C)(C)C)ccn2)C1. The molecule has 1 aliphatic rings. The van der Waals surface area contributed by atoms with Crippen LogP contribution < -0.4 is 10.2 Å². The maximum absolute atomic E-state index is 4.53. The van der Waals surface area contributed by atoms with Crippen LogP contribution in [0.15, 0.2) is 18.3 Å². The number of nitrogens with one attached hydrogen (secondary N) is 1. The molecule has 1 aromatic rings. The Morgan fingerprint density at radius 2 is 2.21 bits per heavy atom. The van der Waals surface area contributed by atoms with Gasteiger partial charge in [0.15, 0.2) is 0 Å². The van der Waals surface area contributed by atoms with Crippen LogP contribution in [0.1, 0.15) is 46.1 Å². The van der Waals surface area contributed by atoms with Gasteiger partial charge >= 0.3 is 0 Å². The number of rotatable bonds is 4. The van der Waals surface area contributed by atoms with Crippen LogP contribution in [-0.4, -0.2) is 23.6 Å². The van der Waals surface area contributed by atoms with Gasteiger partial charge in [0.2, 0.25) is 0 Å². The summed E-state index contributed by atoms with van der Waals surface area (Å²) < 4.78 is 0. The number of aromatic nitrogens is 1. The highest BCUT2D eigenvalue weighted by Gasteiger charge is 2.22. The second-order valence-corrected chi connectivity index (χ2v) is 6.63. The summed E-state index contributed by atoms with van der Waals surface area (Å²) in [6.07, 6.45) is 4.53. The van der Waals surface area contributed by atoms with Crippen molar-refractivity contribution < 1.29 is 0 Å². The van der Waals surface area contributed by atoms with Crippen LogP contribution in [0.2, 0.25) is 0 Å². The van der Waals surface area contributed by atoms with Gasteiger partial charge in [0.1, 0.15) is 5.82 Å². The highest BCUT2D eigenvalue weighted by atomic mass is 15.2. The van der Waals surface area contributed by atoms with Gasteiger partial charge in [0.25, 0.3) is 0 Å². The molecule has 1 atom stereocenters. The van der Waals surface area contributed by atoms with Crippen molar-refractivity contribution in [1.82, 2.24) is 10.3 Å². The Labute approximate surface area is 117 Å². The topological polar surface area (TPSA) is 28.2 Å². The fraction of sp³-hybridized carbons (Fsp3) is 0.688. The fourth-order valence-corrected chi connectivity index (χ4v) is 2.48. The van der Waals surface area contributed by atoms with E-state index in [0.29, 0.717) is 0 Å². The molecule has 1 aliphatic heterocycles. The van der Waals surface area contributed by atoms with Crippen molar-refractivity contribution >= 4 is 5.82 Å². The first-order chi connectivity index (χ1) is 8.98. The average molecular weight is 261 g/mol. The molecule has 3 heteroatoms. The lowest BCUT2D eigenvalue weighted by molar-refractivity contribution is 0.424. The minimum absolute atomic E-state index is 0.157. The zero-order valence-electron chi connectivity index (χ0n) is 12.7. The molecular weight excluding hydrogens is 234 g/mol. The molecule has 106 valence electrons. The van der Waals surface area contributed by atoms with Gasteiger partial charge in [0, 0.05) is 31.4 Å². The summed E-state index contributed by atoms with van der Waals surface area (Å²) in [5.41, 5.74) is 1.48. The van der Waals surface area contributed by atoms with E-state index in [1.54, 1.807) is 0 Å². The lowest BCUT2D eigenvalue weighted by Crippen LogP contribution is -2.35. The molecule has 1 aromatic heterocycles. The number of pyridine rings is 1. The third-order valence-corrected chi connectivity index (χ3v) is 3.82. The first kappa shape index (κ1) is 14.3. The van der Waals surface area contributed by atoms with E-state index in [0.717, 1.165) is 24.8 Å². The van der Waals surface area contributed by atoms with Crippen molar-refractivity contribution in [2.75, 3.05) is 18.0 Å². The van der Waals surface area contributed by atoms with E-state index < -0.39 is 0 Å². The largest absolute Gasteiger partial charge is 0.356 e. The average Bonchev–Trinajstić information content (AvgIpc) is 2.85. The maximum Gasteiger partial charge on any atom is 0.128 e. The molecule has 0 radical (unpaired) electrons. The molecule has 1 fully saturated rings. The van der Waals surface area contributed by atoms with Crippen molar-refractivity contribution in [1.29, 1.82) is 0 Å². The van der Waals surface area contributed by atoms with E-state index in [4.69, 9.17) is 0 Å². The molecule has 19 heavy (non-hydrogen) atoms. The standard InChI is InChI=1S/C16H27N3/c1-5-13-7-9-19(12-13)15-10-14(6-8-17-15)11-18-16(2,3)4/h6,8,10,13,18H,5,7,9,11-12H2,1-4H3. The Bertz CT molecular complexity index is 409. The number of hydrogen-bond donors (Lipinski definition) is 1. The molecule has 0 aliphatic carbocycles. The fourth-order valence-electron chi connectivity index (χ4n) is 2.48. The third-order valence-electron chi connectivity index (χ3n) is 3.82. The van der Waals surface area contributed by atoms with Gasteiger partial charge in [-0.2, -0.15) is 0 Å². The number of anilines is 1. The molecule has 0 aromatic carbocycles. The normalized spacial score (nSPS) is 20.0. The molecule has 1 N–H and O–H groups in total. The minimum Gasteiger partial charge on any atom is -0.356 e. The summed E-state index contributed by atoms with van der Waals surface area (Å²) in [6.45, 7) is 12.1. The Morgan fingerprint density at radius 3 is 2.84 bits per heavy atom. The molecule has 2 rings (SSSR count). The van der Waals surface area contributed by atoms with Crippen LogP contribution in [0.4, 0.5) is 5.82 Å². The van der Waals surface area contributed by atoms with Crippen LogP contribution in [0, 0.1) is 5.92 Å². The summed E-state index contributed by atoms with van der Waals surface area (Å²) in [5.74, 6) is 1.99. The first-order valence-corrected chi connectivity index (χ1v) is 7.43. The Kier molecular flexibility index (Phi) is 4.46. The van der Waals surface area contributed by atoms with Crippen LogP contribution >= 0.6 is 0 Å². The predicted molar refractivity (Wildman–Crippen MR) is 81.4 cm³/mol. The molecular formula is C16H27N3. The van der Waals surface area contributed by atoms with E-state index in [1.807, 2.05) is 6.20 Å². The molecule has 0 saturated carbocycles. The van der Waals surface area contributed by atoms with Gasteiger partial charge in [-0.1, -0.05) is 13.3 Å². The van der Waals surface area contributed by atoms with E-state index in [9.17, 15) is 0 Å². The zero-order valence-corrected chi connectivity index (χ0v) is 12.7. The third kappa shape index (κ3) is 4.20. The van der Waals surface area contributed by atoms with Crippen molar-refractivity contribution in [2.24, 2.45) is 5.92 Å². The van der Waals surface area contributed by atoms with Crippen molar-refractivity contribution in [3.63, 3.8) is 0 Å². The van der Waals surface area contributed by atoms with E-state index in [-0.39, 0.29) is 5.54 Å². The summed E-state index contributed by atoms with van der Waals surface area (Å²) in [5, 5.41) is 3.53. The molecule has 3 nitrogen and oxygen atoms in total. The lowest BCUT2D eigenvalue weighted by Gasteiger charge is -2.22. The Hall–Kier alpha value is -1.09. The second kappa shape index (κ2) is 5.91. The van der Waals surface area contributed by atoms with Crippen molar-refractivity contribution in [3.05, 3.63) is 23.9 Å².